The van der Waals surface area contributed by atoms with Crippen LogP contribution < -0.4 is 11.1 Å². The molecule has 0 aliphatic heterocycles. The highest BCUT2D eigenvalue weighted by molar-refractivity contribution is 9.10. The number of carbonyl (C=O) groups is 1. The molecule has 1 unspecified atom stereocenters. The van der Waals surface area contributed by atoms with Gasteiger partial charge in [0.15, 0.2) is 0 Å². The van der Waals surface area contributed by atoms with Crippen LogP contribution >= 0.6 is 15.9 Å². The van der Waals surface area contributed by atoms with Crippen LogP contribution in [0.1, 0.15) is 19.8 Å². The van der Waals surface area contributed by atoms with Crippen LogP contribution in [0.3, 0.4) is 0 Å². The molecular weight excluding hydrogens is 270 g/mol. The van der Waals surface area contributed by atoms with Crippen LogP contribution in [0, 0.1) is 5.92 Å². The van der Waals surface area contributed by atoms with Gasteiger partial charge >= 0.3 is 0 Å². The number of amides is 1. The van der Waals surface area contributed by atoms with Crippen LogP contribution in [0.15, 0.2) is 22.9 Å². The Hall–Kier alpha value is -0.940. The quantitative estimate of drug-likeness (QED) is 0.871. The van der Waals surface area contributed by atoms with Gasteiger partial charge in [0.25, 0.3) is 0 Å². The summed E-state index contributed by atoms with van der Waals surface area (Å²) < 4.78 is 0.774. The van der Waals surface area contributed by atoms with Crippen LogP contribution in [-0.2, 0) is 4.79 Å². The Morgan fingerprint density at radius 3 is 3.00 bits per heavy atom. The highest BCUT2D eigenvalue weighted by atomic mass is 79.9. The minimum atomic E-state index is -0.120. The zero-order valence-corrected chi connectivity index (χ0v) is 10.8. The number of pyridine rings is 1. The van der Waals surface area contributed by atoms with Crippen molar-refractivity contribution in [3.63, 3.8) is 0 Å². The lowest BCUT2D eigenvalue weighted by Gasteiger charge is -2.14. The second-order valence-electron chi connectivity index (χ2n) is 3.57. The summed E-state index contributed by atoms with van der Waals surface area (Å²) in [5, 5.41) is 2.84. The first kappa shape index (κ1) is 13.1. The van der Waals surface area contributed by atoms with E-state index in [9.17, 15) is 4.79 Å². The van der Waals surface area contributed by atoms with Crippen molar-refractivity contribution in [1.29, 1.82) is 0 Å². The van der Waals surface area contributed by atoms with E-state index in [1.54, 1.807) is 18.5 Å². The molecule has 1 aromatic rings. The number of aromatic nitrogens is 1. The van der Waals surface area contributed by atoms with Crippen LogP contribution in [0.5, 0.6) is 0 Å². The number of halogens is 1. The molecular formula is C11H16BrN3O. The number of nitrogens with two attached hydrogens (primary N) is 1. The van der Waals surface area contributed by atoms with Crippen molar-refractivity contribution in [2.45, 2.75) is 19.8 Å². The van der Waals surface area contributed by atoms with Crippen molar-refractivity contribution in [2.24, 2.45) is 11.7 Å². The van der Waals surface area contributed by atoms with Crippen molar-refractivity contribution in [3.8, 4) is 0 Å². The van der Waals surface area contributed by atoms with E-state index in [4.69, 9.17) is 5.73 Å². The molecule has 0 spiro atoms. The van der Waals surface area contributed by atoms with E-state index in [0.717, 1.165) is 23.0 Å². The first-order valence-corrected chi connectivity index (χ1v) is 6.08. The smallest absolute Gasteiger partial charge is 0.228 e. The van der Waals surface area contributed by atoms with E-state index in [0.29, 0.717) is 6.54 Å². The Morgan fingerprint density at radius 2 is 2.44 bits per heavy atom. The summed E-state index contributed by atoms with van der Waals surface area (Å²) in [6.07, 6.45) is 5.04. The van der Waals surface area contributed by atoms with Crippen LogP contribution in [0.2, 0.25) is 0 Å². The Bertz CT molecular complexity index is 357. The lowest BCUT2D eigenvalue weighted by Crippen LogP contribution is -2.29. The van der Waals surface area contributed by atoms with E-state index in [1.165, 1.54) is 0 Å². The van der Waals surface area contributed by atoms with E-state index >= 15 is 0 Å². The van der Waals surface area contributed by atoms with Gasteiger partial charge in [0.2, 0.25) is 5.91 Å². The predicted octanol–water partition coefficient (Wildman–Crippen LogP) is 2.16. The van der Waals surface area contributed by atoms with E-state index < -0.39 is 0 Å². The largest absolute Gasteiger partial charge is 0.330 e. The highest BCUT2D eigenvalue weighted by Gasteiger charge is 2.16. The Balaban J connectivity index is 2.66. The fourth-order valence-electron chi connectivity index (χ4n) is 1.42. The number of hydrogen-bond donors (Lipinski definition) is 2. The monoisotopic (exact) mass is 285 g/mol. The van der Waals surface area contributed by atoms with Crippen molar-refractivity contribution >= 4 is 27.5 Å². The Labute approximate surface area is 104 Å². The van der Waals surface area contributed by atoms with Gasteiger partial charge in [-0.3, -0.25) is 9.78 Å². The standard InChI is InChI=1S/C11H16BrN3O/c1-2-3-8(6-13)11(16)15-10-4-5-14-7-9(10)12/h4-5,7-8H,2-3,6,13H2,1H3,(H,14,15,16). The lowest BCUT2D eigenvalue weighted by atomic mass is 10.0. The molecule has 0 radical (unpaired) electrons. The Kier molecular flexibility index (Phi) is 5.42. The molecule has 1 atom stereocenters. The second-order valence-corrected chi connectivity index (χ2v) is 4.42. The zero-order chi connectivity index (χ0) is 12.0. The molecule has 0 aliphatic carbocycles. The first-order chi connectivity index (χ1) is 7.69. The number of anilines is 1. The minimum Gasteiger partial charge on any atom is -0.330 e. The topological polar surface area (TPSA) is 68.0 Å². The van der Waals surface area contributed by atoms with Gasteiger partial charge in [-0.05, 0) is 28.4 Å². The average Bonchev–Trinajstić information content (AvgIpc) is 2.29. The van der Waals surface area contributed by atoms with Gasteiger partial charge in [-0.25, -0.2) is 0 Å². The van der Waals surface area contributed by atoms with Crippen LogP contribution in [-0.4, -0.2) is 17.4 Å². The molecule has 3 N–H and O–H groups in total. The van der Waals surface area contributed by atoms with Crippen molar-refractivity contribution in [3.05, 3.63) is 22.9 Å². The molecule has 0 aromatic carbocycles. The van der Waals surface area contributed by atoms with Gasteiger partial charge in [-0.1, -0.05) is 13.3 Å². The third-order valence-electron chi connectivity index (χ3n) is 2.32. The maximum Gasteiger partial charge on any atom is 0.228 e. The van der Waals surface area contributed by atoms with E-state index in [2.05, 4.69) is 26.2 Å². The van der Waals surface area contributed by atoms with E-state index in [-0.39, 0.29) is 11.8 Å². The molecule has 1 heterocycles. The molecule has 1 aromatic heterocycles. The van der Waals surface area contributed by atoms with Crippen molar-refractivity contribution < 1.29 is 4.79 Å². The molecule has 0 fully saturated rings. The summed E-state index contributed by atoms with van der Waals surface area (Å²) in [4.78, 5) is 15.8. The summed E-state index contributed by atoms with van der Waals surface area (Å²) in [5.41, 5.74) is 6.30. The molecule has 0 bridgehead atoms. The number of hydrogen-bond acceptors (Lipinski definition) is 3. The fourth-order valence-corrected chi connectivity index (χ4v) is 1.77. The van der Waals surface area contributed by atoms with Crippen molar-refractivity contribution in [1.82, 2.24) is 4.98 Å². The fraction of sp³-hybridized carbons (Fsp3) is 0.455. The molecule has 0 saturated carbocycles. The maximum atomic E-state index is 11.9. The third-order valence-corrected chi connectivity index (χ3v) is 2.95. The molecule has 16 heavy (non-hydrogen) atoms. The zero-order valence-electron chi connectivity index (χ0n) is 9.24. The number of carbonyl (C=O) groups excluding carboxylic acids is 1. The summed E-state index contributed by atoms with van der Waals surface area (Å²) in [7, 11) is 0. The predicted molar refractivity (Wildman–Crippen MR) is 68.0 cm³/mol. The Morgan fingerprint density at radius 1 is 1.69 bits per heavy atom. The summed E-state index contributed by atoms with van der Waals surface area (Å²) in [5.74, 6) is -0.152. The highest BCUT2D eigenvalue weighted by Crippen LogP contribution is 2.21. The van der Waals surface area contributed by atoms with Gasteiger partial charge in [0, 0.05) is 18.9 Å². The van der Waals surface area contributed by atoms with Gasteiger partial charge in [0.05, 0.1) is 16.1 Å². The molecule has 0 aliphatic rings. The molecule has 5 heteroatoms. The van der Waals surface area contributed by atoms with Gasteiger partial charge in [-0.15, -0.1) is 0 Å². The normalized spacial score (nSPS) is 12.2. The van der Waals surface area contributed by atoms with Crippen LogP contribution in [0.4, 0.5) is 5.69 Å². The SMILES string of the molecule is CCCC(CN)C(=O)Nc1ccncc1Br. The summed E-state index contributed by atoms with van der Waals surface area (Å²) in [6.45, 7) is 2.42. The molecule has 1 amide bonds. The molecule has 0 saturated heterocycles. The molecule has 4 nitrogen and oxygen atoms in total. The summed E-state index contributed by atoms with van der Waals surface area (Å²) in [6, 6.07) is 1.75. The average molecular weight is 286 g/mol. The van der Waals surface area contributed by atoms with Gasteiger partial charge in [-0.2, -0.15) is 0 Å². The molecule has 88 valence electrons. The van der Waals surface area contributed by atoms with Gasteiger partial charge in [0.1, 0.15) is 0 Å². The number of nitrogens with zero attached hydrogens (tertiary/aromatic N) is 1. The molecule has 1 rings (SSSR count). The first-order valence-electron chi connectivity index (χ1n) is 5.29. The van der Waals surface area contributed by atoms with Gasteiger partial charge < -0.3 is 11.1 Å². The van der Waals surface area contributed by atoms with Crippen molar-refractivity contribution in [2.75, 3.05) is 11.9 Å². The maximum absolute atomic E-state index is 11.9. The number of nitrogens with one attached hydrogen (secondary N) is 1. The third kappa shape index (κ3) is 3.57. The summed E-state index contributed by atoms with van der Waals surface area (Å²) >= 11 is 3.33. The van der Waals surface area contributed by atoms with E-state index in [1.807, 2.05) is 6.92 Å². The van der Waals surface area contributed by atoms with Crippen LogP contribution in [0.25, 0.3) is 0 Å². The number of rotatable bonds is 5. The minimum absolute atomic E-state index is 0.0312. The lowest BCUT2D eigenvalue weighted by molar-refractivity contribution is -0.119. The second kappa shape index (κ2) is 6.60.